The monoisotopic (exact) mass is 228 g/mol. The minimum Gasteiger partial charge on any atom is -0.378 e. The molecule has 0 saturated heterocycles. The van der Waals surface area contributed by atoms with Gasteiger partial charge < -0.3 is 4.90 Å². The van der Waals surface area contributed by atoms with Crippen molar-refractivity contribution in [3.05, 3.63) is 41.6 Å². The average molecular weight is 228 g/mol. The molecule has 1 heterocycles. The first kappa shape index (κ1) is 11.4. The molecular formula is C13H16N4. The van der Waals surface area contributed by atoms with Gasteiger partial charge in [-0.2, -0.15) is 5.10 Å². The summed E-state index contributed by atoms with van der Waals surface area (Å²) in [6, 6.07) is 10.1. The molecule has 0 aliphatic heterocycles. The highest BCUT2D eigenvalue weighted by molar-refractivity contribution is 5.82. The van der Waals surface area contributed by atoms with E-state index in [1.54, 1.807) is 0 Å². The van der Waals surface area contributed by atoms with Crippen molar-refractivity contribution in [2.45, 2.75) is 6.92 Å². The van der Waals surface area contributed by atoms with Gasteiger partial charge in [-0.25, -0.2) is 4.99 Å². The first-order chi connectivity index (χ1) is 8.15. The Bertz CT molecular complexity index is 508. The number of nitrogens with one attached hydrogen (secondary N) is 1. The summed E-state index contributed by atoms with van der Waals surface area (Å²) in [6.07, 6.45) is 1.81. The smallest absolute Gasteiger partial charge is 0.173 e. The number of anilines is 1. The molecule has 88 valence electrons. The maximum Gasteiger partial charge on any atom is 0.173 e. The maximum absolute atomic E-state index is 4.29. The molecule has 0 saturated carbocycles. The van der Waals surface area contributed by atoms with Crippen LogP contribution in [-0.2, 0) is 0 Å². The molecule has 2 rings (SSSR count). The van der Waals surface area contributed by atoms with Gasteiger partial charge in [-0.15, -0.1) is 0 Å². The van der Waals surface area contributed by atoms with E-state index in [0.29, 0.717) is 5.82 Å². The van der Waals surface area contributed by atoms with Crippen LogP contribution in [0, 0.1) is 6.92 Å². The number of aromatic amines is 1. The van der Waals surface area contributed by atoms with E-state index >= 15 is 0 Å². The summed E-state index contributed by atoms with van der Waals surface area (Å²) in [5.74, 6) is 0.708. The number of aromatic nitrogens is 2. The molecule has 0 aliphatic rings. The highest BCUT2D eigenvalue weighted by Crippen LogP contribution is 2.12. The topological polar surface area (TPSA) is 44.3 Å². The number of hydrogen-bond acceptors (Lipinski definition) is 3. The fourth-order valence-electron chi connectivity index (χ4n) is 1.47. The van der Waals surface area contributed by atoms with Gasteiger partial charge in [0.05, 0.1) is 0 Å². The summed E-state index contributed by atoms with van der Waals surface area (Å²) in [5, 5.41) is 6.90. The minimum atomic E-state index is 0.708. The third-order valence-electron chi connectivity index (χ3n) is 2.45. The van der Waals surface area contributed by atoms with Crippen LogP contribution in [0.2, 0.25) is 0 Å². The summed E-state index contributed by atoms with van der Waals surface area (Å²) in [4.78, 5) is 6.36. The molecule has 0 aliphatic carbocycles. The minimum absolute atomic E-state index is 0.708. The molecule has 4 nitrogen and oxygen atoms in total. The van der Waals surface area contributed by atoms with Gasteiger partial charge in [0.15, 0.2) is 5.82 Å². The third kappa shape index (κ3) is 2.93. The first-order valence-electron chi connectivity index (χ1n) is 5.48. The number of rotatable bonds is 3. The molecule has 0 radical (unpaired) electrons. The lowest BCUT2D eigenvalue weighted by Gasteiger charge is -2.11. The van der Waals surface area contributed by atoms with Crippen molar-refractivity contribution in [3.8, 4) is 0 Å². The Hall–Kier alpha value is -2.10. The Morgan fingerprint density at radius 2 is 1.94 bits per heavy atom. The van der Waals surface area contributed by atoms with Crippen molar-refractivity contribution in [2.24, 2.45) is 4.99 Å². The molecule has 17 heavy (non-hydrogen) atoms. The van der Waals surface area contributed by atoms with Crippen molar-refractivity contribution in [1.29, 1.82) is 0 Å². The molecule has 0 atom stereocenters. The standard InChI is InChI=1S/C13H16N4/c1-10-8-13(16-15-10)14-9-11-4-6-12(7-5-11)17(2)3/h4-9H,1-3H3,(H,15,16). The van der Waals surface area contributed by atoms with Crippen LogP contribution in [0.15, 0.2) is 35.3 Å². The zero-order chi connectivity index (χ0) is 12.3. The molecule has 0 bridgehead atoms. The lowest BCUT2D eigenvalue weighted by Crippen LogP contribution is -2.08. The van der Waals surface area contributed by atoms with E-state index in [4.69, 9.17) is 0 Å². The van der Waals surface area contributed by atoms with Crippen molar-refractivity contribution < 1.29 is 0 Å². The lowest BCUT2D eigenvalue weighted by atomic mass is 10.2. The lowest BCUT2D eigenvalue weighted by molar-refractivity contribution is 1.04. The van der Waals surface area contributed by atoms with E-state index < -0.39 is 0 Å². The largest absolute Gasteiger partial charge is 0.378 e. The predicted octanol–water partition coefficient (Wildman–Crippen LogP) is 2.53. The second-order valence-corrected chi connectivity index (χ2v) is 4.15. The van der Waals surface area contributed by atoms with Crippen LogP contribution in [-0.4, -0.2) is 30.5 Å². The summed E-state index contributed by atoms with van der Waals surface area (Å²) < 4.78 is 0. The third-order valence-corrected chi connectivity index (χ3v) is 2.45. The van der Waals surface area contributed by atoms with Gasteiger partial charge in [0.25, 0.3) is 0 Å². The number of aliphatic imine (C=N–C) groups is 1. The summed E-state index contributed by atoms with van der Waals surface area (Å²) in [6.45, 7) is 1.96. The Morgan fingerprint density at radius 3 is 2.47 bits per heavy atom. The zero-order valence-corrected chi connectivity index (χ0v) is 10.3. The average Bonchev–Trinajstić information content (AvgIpc) is 2.73. The number of aryl methyl sites for hydroxylation is 1. The highest BCUT2D eigenvalue weighted by Gasteiger charge is 1.95. The zero-order valence-electron chi connectivity index (χ0n) is 10.3. The molecule has 1 aromatic carbocycles. The van der Waals surface area contributed by atoms with Gasteiger partial charge in [0.1, 0.15) is 0 Å². The molecule has 4 heteroatoms. The molecule has 0 unspecified atom stereocenters. The van der Waals surface area contributed by atoms with Gasteiger partial charge in [0.2, 0.25) is 0 Å². The number of H-pyrrole nitrogens is 1. The number of hydrogen-bond donors (Lipinski definition) is 1. The van der Waals surface area contributed by atoms with Crippen LogP contribution in [0.25, 0.3) is 0 Å². The molecule has 0 spiro atoms. The van der Waals surface area contributed by atoms with Crippen LogP contribution in [0.5, 0.6) is 0 Å². The Morgan fingerprint density at radius 1 is 1.24 bits per heavy atom. The number of nitrogens with zero attached hydrogens (tertiary/aromatic N) is 3. The second kappa shape index (κ2) is 4.82. The van der Waals surface area contributed by atoms with E-state index in [1.165, 1.54) is 5.69 Å². The van der Waals surface area contributed by atoms with E-state index in [1.807, 2.05) is 45.4 Å². The summed E-state index contributed by atoms with van der Waals surface area (Å²) in [7, 11) is 4.05. The van der Waals surface area contributed by atoms with Gasteiger partial charge in [0, 0.05) is 37.8 Å². The summed E-state index contributed by atoms with van der Waals surface area (Å²) in [5.41, 5.74) is 3.26. The van der Waals surface area contributed by atoms with Crippen molar-refractivity contribution >= 4 is 17.7 Å². The quantitative estimate of drug-likeness (QED) is 0.820. The fraction of sp³-hybridized carbons (Fsp3) is 0.231. The van der Waals surface area contributed by atoms with Crippen LogP contribution >= 0.6 is 0 Å². The van der Waals surface area contributed by atoms with Crippen LogP contribution in [0.1, 0.15) is 11.3 Å². The highest BCUT2D eigenvalue weighted by atomic mass is 15.2. The van der Waals surface area contributed by atoms with Crippen molar-refractivity contribution in [2.75, 3.05) is 19.0 Å². The Labute approximate surface area is 101 Å². The molecule has 0 fully saturated rings. The fourth-order valence-corrected chi connectivity index (χ4v) is 1.47. The predicted molar refractivity (Wildman–Crippen MR) is 71.3 cm³/mol. The van der Waals surface area contributed by atoms with Gasteiger partial charge in [-0.05, 0) is 24.6 Å². The molecule has 2 aromatic rings. The number of benzene rings is 1. The van der Waals surface area contributed by atoms with E-state index in [-0.39, 0.29) is 0 Å². The van der Waals surface area contributed by atoms with Gasteiger partial charge >= 0.3 is 0 Å². The van der Waals surface area contributed by atoms with Crippen LogP contribution in [0.3, 0.4) is 0 Å². The Balaban J connectivity index is 2.11. The molecular weight excluding hydrogens is 212 g/mol. The first-order valence-corrected chi connectivity index (χ1v) is 5.48. The van der Waals surface area contributed by atoms with E-state index in [9.17, 15) is 0 Å². The molecule has 1 N–H and O–H groups in total. The van der Waals surface area contributed by atoms with Crippen molar-refractivity contribution in [3.63, 3.8) is 0 Å². The van der Waals surface area contributed by atoms with Gasteiger partial charge in [-0.1, -0.05) is 12.1 Å². The van der Waals surface area contributed by atoms with Gasteiger partial charge in [-0.3, -0.25) is 5.10 Å². The van der Waals surface area contributed by atoms with E-state index in [0.717, 1.165) is 11.3 Å². The second-order valence-electron chi connectivity index (χ2n) is 4.15. The van der Waals surface area contributed by atoms with Crippen LogP contribution < -0.4 is 4.90 Å². The SMILES string of the molecule is Cc1cc(N=Cc2ccc(N(C)C)cc2)n[nH]1. The van der Waals surface area contributed by atoms with Crippen LogP contribution in [0.4, 0.5) is 11.5 Å². The van der Waals surface area contributed by atoms with E-state index in [2.05, 4.69) is 32.2 Å². The van der Waals surface area contributed by atoms with Crippen molar-refractivity contribution in [1.82, 2.24) is 10.2 Å². The summed E-state index contributed by atoms with van der Waals surface area (Å²) >= 11 is 0. The maximum atomic E-state index is 4.29. The normalized spacial score (nSPS) is 11.0. The molecule has 1 aromatic heterocycles. The molecule has 0 amide bonds. The Kier molecular flexibility index (Phi) is 3.23.